The van der Waals surface area contributed by atoms with Gasteiger partial charge in [0.25, 0.3) is 0 Å². The Bertz CT molecular complexity index is 846. The number of esters is 2. The van der Waals surface area contributed by atoms with Crippen molar-refractivity contribution in [2.75, 3.05) is 19.5 Å². The fraction of sp³-hybridized carbons (Fsp3) is 0.105. The molecule has 2 aromatic carbocycles. The van der Waals surface area contributed by atoms with Crippen LogP contribution in [0.2, 0.25) is 0 Å². The van der Waals surface area contributed by atoms with Crippen LogP contribution < -0.4 is 10.1 Å². The zero-order chi connectivity index (χ0) is 19.1. The van der Waals surface area contributed by atoms with Crippen LogP contribution in [0.5, 0.6) is 5.75 Å². The number of amides is 1. The number of carbonyl (C=O) groups is 3. The van der Waals surface area contributed by atoms with Gasteiger partial charge < -0.3 is 14.2 Å². The molecule has 0 atom stereocenters. The van der Waals surface area contributed by atoms with Crippen molar-refractivity contribution in [2.45, 2.75) is 0 Å². The molecule has 0 aromatic heterocycles. The van der Waals surface area contributed by atoms with Crippen LogP contribution in [0.15, 0.2) is 42.5 Å². The second kappa shape index (κ2) is 8.35. The third kappa shape index (κ3) is 4.61. The fourth-order valence-electron chi connectivity index (χ4n) is 2.04. The molecule has 1 amide bonds. The van der Waals surface area contributed by atoms with Crippen molar-refractivity contribution in [1.82, 2.24) is 0 Å². The van der Waals surface area contributed by atoms with Crippen molar-refractivity contribution in [3.05, 3.63) is 59.2 Å². The second-order valence-corrected chi connectivity index (χ2v) is 4.97. The van der Waals surface area contributed by atoms with Crippen molar-refractivity contribution >= 4 is 23.7 Å². The highest BCUT2D eigenvalue weighted by molar-refractivity contribution is 5.98. The Kier molecular flexibility index (Phi) is 5.96. The van der Waals surface area contributed by atoms with Gasteiger partial charge in [-0.15, -0.1) is 6.42 Å². The number of hydrogen-bond donors (Lipinski definition) is 1. The van der Waals surface area contributed by atoms with Crippen LogP contribution in [0, 0.1) is 12.3 Å². The Hall–Kier alpha value is -3.79. The van der Waals surface area contributed by atoms with Crippen LogP contribution in [-0.2, 0) is 9.47 Å². The predicted octanol–water partition coefficient (Wildman–Crippen LogP) is 2.85. The fourth-order valence-corrected chi connectivity index (χ4v) is 2.04. The first kappa shape index (κ1) is 18.5. The summed E-state index contributed by atoms with van der Waals surface area (Å²) in [5.74, 6) is 1.39. The summed E-state index contributed by atoms with van der Waals surface area (Å²) >= 11 is 0. The van der Waals surface area contributed by atoms with E-state index < -0.39 is 18.0 Å². The van der Waals surface area contributed by atoms with Gasteiger partial charge in [-0.2, -0.15) is 0 Å². The number of hydrogen-bond acceptors (Lipinski definition) is 6. The van der Waals surface area contributed by atoms with Crippen LogP contribution in [0.25, 0.3) is 0 Å². The van der Waals surface area contributed by atoms with Gasteiger partial charge in [0, 0.05) is 11.3 Å². The third-order valence-electron chi connectivity index (χ3n) is 3.25. The van der Waals surface area contributed by atoms with Crippen molar-refractivity contribution in [3.63, 3.8) is 0 Å². The summed E-state index contributed by atoms with van der Waals surface area (Å²) in [4.78, 5) is 35.5. The topological polar surface area (TPSA) is 90.9 Å². The highest BCUT2D eigenvalue weighted by Gasteiger charge is 2.15. The molecule has 0 aliphatic rings. The van der Waals surface area contributed by atoms with Gasteiger partial charge in [0.1, 0.15) is 5.75 Å². The molecule has 0 bridgehead atoms. The number of benzene rings is 2. The maximum Gasteiger partial charge on any atom is 0.417 e. The second-order valence-electron chi connectivity index (χ2n) is 4.97. The summed E-state index contributed by atoms with van der Waals surface area (Å²) in [6.45, 7) is 0. The lowest BCUT2D eigenvalue weighted by Crippen LogP contribution is -2.18. The van der Waals surface area contributed by atoms with E-state index in [4.69, 9.17) is 11.2 Å². The van der Waals surface area contributed by atoms with Crippen LogP contribution in [-0.4, -0.2) is 32.3 Å². The van der Waals surface area contributed by atoms with Gasteiger partial charge in [-0.3, -0.25) is 5.32 Å². The maximum absolute atomic E-state index is 12.0. The molecule has 2 aromatic rings. The molecule has 2 rings (SSSR count). The first-order valence-corrected chi connectivity index (χ1v) is 7.34. The first-order valence-electron chi connectivity index (χ1n) is 7.34. The molecule has 132 valence electrons. The molecule has 0 heterocycles. The van der Waals surface area contributed by atoms with Gasteiger partial charge in [0.2, 0.25) is 0 Å². The lowest BCUT2D eigenvalue weighted by molar-refractivity contribution is 0.0599. The molecule has 7 nitrogen and oxygen atoms in total. The van der Waals surface area contributed by atoms with E-state index in [9.17, 15) is 14.4 Å². The Morgan fingerprint density at radius 1 is 0.923 bits per heavy atom. The lowest BCUT2D eigenvalue weighted by Gasteiger charge is -2.10. The van der Waals surface area contributed by atoms with Crippen LogP contribution in [0.1, 0.15) is 26.3 Å². The molecule has 1 N–H and O–H groups in total. The summed E-state index contributed by atoms with van der Waals surface area (Å²) in [6, 6.07) is 10.3. The van der Waals surface area contributed by atoms with E-state index in [1.165, 1.54) is 32.4 Å². The summed E-state index contributed by atoms with van der Waals surface area (Å²) < 4.78 is 14.4. The lowest BCUT2D eigenvalue weighted by atomic mass is 10.1. The molecule has 0 fully saturated rings. The standard InChI is InChI=1S/C19H15NO6/c1-4-12-5-7-16(8-6-12)26-19(23)20-15-10-13(17(21)24-2)9-14(11-15)18(22)25-3/h1,5-11H,2-3H3,(H,20,23). The van der Waals surface area contributed by atoms with E-state index >= 15 is 0 Å². The number of rotatable bonds is 4. The summed E-state index contributed by atoms with van der Waals surface area (Å²) in [5, 5.41) is 2.44. The van der Waals surface area contributed by atoms with Crippen LogP contribution >= 0.6 is 0 Å². The SMILES string of the molecule is C#Cc1ccc(OC(=O)Nc2cc(C(=O)OC)cc(C(=O)OC)c2)cc1. The van der Waals surface area contributed by atoms with Gasteiger partial charge in [-0.1, -0.05) is 5.92 Å². The van der Waals surface area contributed by atoms with Crippen LogP contribution in [0.4, 0.5) is 10.5 Å². The Labute approximate surface area is 149 Å². The van der Waals surface area contributed by atoms with Gasteiger partial charge in [-0.25, -0.2) is 14.4 Å². The normalized spacial score (nSPS) is 9.58. The highest BCUT2D eigenvalue weighted by atomic mass is 16.6. The van der Waals surface area contributed by atoms with E-state index in [1.54, 1.807) is 24.3 Å². The Balaban J connectivity index is 2.20. The first-order chi connectivity index (χ1) is 12.5. The largest absolute Gasteiger partial charge is 0.465 e. The predicted molar refractivity (Wildman–Crippen MR) is 93.1 cm³/mol. The molecular weight excluding hydrogens is 338 g/mol. The monoisotopic (exact) mass is 353 g/mol. The summed E-state index contributed by atoms with van der Waals surface area (Å²) in [7, 11) is 2.41. The van der Waals surface area contributed by atoms with E-state index in [1.807, 2.05) is 0 Å². The third-order valence-corrected chi connectivity index (χ3v) is 3.25. The van der Waals surface area contributed by atoms with Gasteiger partial charge >= 0.3 is 18.0 Å². The Morgan fingerprint density at radius 2 is 1.46 bits per heavy atom. The molecule has 26 heavy (non-hydrogen) atoms. The van der Waals surface area contributed by atoms with Crippen molar-refractivity contribution < 1.29 is 28.6 Å². The number of nitrogens with one attached hydrogen (secondary N) is 1. The average Bonchev–Trinajstić information content (AvgIpc) is 2.66. The van der Waals surface area contributed by atoms with E-state index in [-0.39, 0.29) is 22.6 Å². The van der Waals surface area contributed by atoms with E-state index in [2.05, 4.69) is 20.7 Å². The zero-order valence-corrected chi connectivity index (χ0v) is 14.1. The van der Waals surface area contributed by atoms with Gasteiger partial charge in [0.05, 0.1) is 25.3 Å². The van der Waals surface area contributed by atoms with E-state index in [0.29, 0.717) is 5.56 Å². The average molecular weight is 353 g/mol. The van der Waals surface area contributed by atoms with Gasteiger partial charge in [0.15, 0.2) is 0 Å². The molecule has 0 radical (unpaired) electrons. The molecule has 0 saturated carbocycles. The molecule has 0 unspecified atom stereocenters. The smallest absolute Gasteiger partial charge is 0.417 e. The summed E-state index contributed by atoms with van der Waals surface area (Å²) in [6.07, 6.45) is 4.45. The van der Waals surface area contributed by atoms with Gasteiger partial charge in [-0.05, 0) is 42.5 Å². The Morgan fingerprint density at radius 3 is 1.92 bits per heavy atom. The highest BCUT2D eigenvalue weighted by Crippen LogP contribution is 2.18. The quantitative estimate of drug-likeness (QED) is 0.671. The van der Waals surface area contributed by atoms with Crippen LogP contribution in [0.3, 0.4) is 0 Å². The number of terminal acetylenes is 1. The molecule has 7 heteroatoms. The minimum absolute atomic E-state index is 0.0732. The van der Waals surface area contributed by atoms with Crippen molar-refractivity contribution in [3.8, 4) is 18.1 Å². The minimum Gasteiger partial charge on any atom is -0.465 e. The number of ether oxygens (including phenoxy) is 3. The number of carbonyl (C=O) groups excluding carboxylic acids is 3. The molecule has 0 saturated heterocycles. The molecular formula is C19H15NO6. The molecule has 0 aliphatic heterocycles. The van der Waals surface area contributed by atoms with E-state index in [0.717, 1.165) is 0 Å². The minimum atomic E-state index is -0.809. The number of anilines is 1. The summed E-state index contributed by atoms with van der Waals surface area (Å²) in [5.41, 5.74) is 0.956. The zero-order valence-electron chi connectivity index (χ0n) is 14.1. The molecule has 0 aliphatic carbocycles. The van der Waals surface area contributed by atoms with Crippen molar-refractivity contribution in [2.24, 2.45) is 0 Å². The van der Waals surface area contributed by atoms with Crippen molar-refractivity contribution in [1.29, 1.82) is 0 Å². The number of methoxy groups -OCH3 is 2. The maximum atomic E-state index is 12.0. The molecule has 0 spiro atoms.